The van der Waals surface area contributed by atoms with E-state index in [0.717, 1.165) is 49.7 Å². The van der Waals surface area contributed by atoms with Crippen molar-refractivity contribution in [2.45, 2.75) is 20.8 Å². The highest BCUT2D eigenvalue weighted by molar-refractivity contribution is 5.92. The van der Waals surface area contributed by atoms with Gasteiger partial charge < -0.3 is 14.4 Å². The third kappa shape index (κ3) is 3.85. The van der Waals surface area contributed by atoms with Crippen molar-refractivity contribution in [3.05, 3.63) is 59.4 Å². The van der Waals surface area contributed by atoms with Gasteiger partial charge in [0.15, 0.2) is 0 Å². The molecule has 1 saturated heterocycles. The first-order valence-corrected chi connectivity index (χ1v) is 9.04. The minimum absolute atomic E-state index is 0.111. The van der Waals surface area contributed by atoms with E-state index in [9.17, 15) is 4.79 Å². The first kappa shape index (κ1) is 17.5. The SMILES string of the molecule is CCN1CCN(C(=O)/C=C/c2cc(C)n(-c3ccccc3)c2C)CC1. The van der Waals surface area contributed by atoms with Crippen molar-refractivity contribution in [1.29, 1.82) is 0 Å². The average Bonchev–Trinajstić information content (AvgIpc) is 2.94. The second-order valence-corrected chi connectivity index (χ2v) is 6.59. The Labute approximate surface area is 150 Å². The van der Waals surface area contributed by atoms with E-state index in [1.54, 1.807) is 6.08 Å². The fraction of sp³-hybridized carbons (Fsp3) is 0.381. The van der Waals surface area contributed by atoms with Gasteiger partial charge >= 0.3 is 0 Å². The third-order valence-electron chi connectivity index (χ3n) is 5.02. The Balaban J connectivity index is 1.73. The highest BCUT2D eigenvalue weighted by Crippen LogP contribution is 2.21. The van der Waals surface area contributed by atoms with Crippen molar-refractivity contribution in [2.24, 2.45) is 0 Å². The molecule has 1 amide bonds. The van der Waals surface area contributed by atoms with Gasteiger partial charge in [-0.15, -0.1) is 0 Å². The molecule has 1 fully saturated rings. The van der Waals surface area contributed by atoms with Crippen molar-refractivity contribution in [2.75, 3.05) is 32.7 Å². The predicted molar refractivity (Wildman–Crippen MR) is 103 cm³/mol. The van der Waals surface area contributed by atoms with Crippen LogP contribution in [0, 0.1) is 13.8 Å². The van der Waals surface area contributed by atoms with Gasteiger partial charge in [-0.1, -0.05) is 25.1 Å². The Kier molecular flexibility index (Phi) is 5.39. The van der Waals surface area contributed by atoms with Crippen LogP contribution < -0.4 is 0 Å². The van der Waals surface area contributed by atoms with Crippen molar-refractivity contribution >= 4 is 12.0 Å². The molecule has 4 heteroatoms. The van der Waals surface area contributed by atoms with E-state index in [-0.39, 0.29) is 5.91 Å². The lowest BCUT2D eigenvalue weighted by Gasteiger charge is -2.33. The number of aromatic nitrogens is 1. The number of amides is 1. The Morgan fingerprint density at radius 2 is 1.76 bits per heavy atom. The number of rotatable bonds is 4. The normalized spacial score (nSPS) is 15.9. The molecule has 0 atom stereocenters. The van der Waals surface area contributed by atoms with Gasteiger partial charge in [-0.2, -0.15) is 0 Å². The predicted octanol–water partition coefficient (Wildman–Crippen LogP) is 3.27. The van der Waals surface area contributed by atoms with Gasteiger partial charge in [0.25, 0.3) is 0 Å². The number of nitrogens with zero attached hydrogens (tertiary/aromatic N) is 3. The third-order valence-corrected chi connectivity index (χ3v) is 5.02. The summed E-state index contributed by atoms with van der Waals surface area (Å²) in [6, 6.07) is 12.5. The van der Waals surface area contributed by atoms with E-state index in [0.29, 0.717) is 0 Å². The molecule has 132 valence electrons. The smallest absolute Gasteiger partial charge is 0.246 e. The molecule has 2 aromatic rings. The number of aryl methyl sites for hydroxylation is 1. The van der Waals surface area contributed by atoms with Crippen molar-refractivity contribution < 1.29 is 4.79 Å². The van der Waals surface area contributed by atoms with Crippen LogP contribution >= 0.6 is 0 Å². The summed E-state index contributed by atoms with van der Waals surface area (Å²) in [5.74, 6) is 0.111. The molecule has 0 N–H and O–H groups in total. The van der Waals surface area contributed by atoms with E-state index in [1.165, 1.54) is 5.69 Å². The summed E-state index contributed by atoms with van der Waals surface area (Å²) in [7, 11) is 0. The summed E-state index contributed by atoms with van der Waals surface area (Å²) in [6.07, 6.45) is 3.68. The molecule has 3 rings (SSSR count). The zero-order valence-electron chi connectivity index (χ0n) is 15.4. The van der Waals surface area contributed by atoms with E-state index < -0.39 is 0 Å². The quantitative estimate of drug-likeness (QED) is 0.801. The molecule has 0 saturated carbocycles. The zero-order chi connectivity index (χ0) is 17.8. The van der Waals surface area contributed by atoms with Crippen LogP contribution in [-0.2, 0) is 4.79 Å². The maximum Gasteiger partial charge on any atom is 0.246 e. The van der Waals surface area contributed by atoms with Crippen LogP contribution in [-0.4, -0.2) is 53.0 Å². The summed E-state index contributed by atoms with van der Waals surface area (Å²) < 4.78 is 2.23. The molecule has 0 aliphatic carbocycles. The van der Waals surface area contributed by atoms with Gasteiger partial charge in [-0.05, 0) is 50.2 Å². The van der Waals surface area contributed by atoms with Crippen LogP contribution in [0.3, 0.4) is 0 Å². The molecule has 1 aliphatic heterocycles. The molecule has 1 aromatic heterocycles. The molecular weight excluding hydrogens is 310 g/mol. The summed E-state index contributed by atoms with van der Waals surface area (Å²) in [5.41, 5.74) is 4.58. The average molecular weight is 337 g/mol. The molecular formula is C21H27N3O. The van der Waals surface area contributed by atoms with Gasteiger partial charge in [0.2, 0.25) is 5.91 Å². The molecule has 0 radical (unpaired) electrons. The maximum atomic E-state index is 12.5. The van der Waals surface area contributed by atoms with E-state index >= 15 is 0 Å². The summed E-state index contributed by atoms with van der Waals surface area (Å²) >= 11 is 0. The largest absolute Gasteiger partial charge is 0.337 e. The maximum absolute atomic E-state index is 12.5. The summed E-state index contributed by atoms with van der Waals surface area (Å²) in [6.45, 7) is 11.0. The lowest BCUT2D eigenvalue weighted by molar-refractivity contribution is -0.127. The molecule has 0 unspecified atom stereocenters. The molecule has 25 heavy (non-hydrogen) atoms. The van der Waals surface area contributed by atoms with Crippen LogP contribution in [0.1, 0.15) is 23.9 Å². The van der Waals surface area contributed by atoms with Crippen LogP contribution in [0.25, 0.3) is 11.8 Å². The van der Waals surface area contributed by atoms with E-state index in [2.05, 4.69) is 48.4 Å². The Hall–Kier alpha value is -2.33. The number of para-hydroxylation sites is 1. The van der Waals surface area contributed by atoms with Crippen LogP contribution in [0.4, 0.5) is 0 Å². The highest BCUT2D eigenvalue weighted by atomic mass is 16.2. The topological polar surface area (TPSA) is 28.5 Å². The fourth-order valence-corrected chi connectivity index (χ4v) is 3.48. The second kappa shape index (κ2) is 7.70. The number of hydrogen-bond donors (Lipinski definition) is 0. The van der Waals surface area contributed by atoms with Crippen molar-refractivity contribution in [1.82, 2.24) is 14.4 Å². The molecule has 1 aliphatic rings. The molecule has 2 heterocycles. The first-order valence-electron chi connectivity index (χ1n) is 9.04. The van der Waals surface area contributed by atoms with Gasteiger partial charge in [-0.3, -0.25) is 4.79 Å². The Morgan fingerprint density at radius 1 is 1.08 bits per heavy atom. The van der Waals surface area contributed by atoms with Gasteiger partial charge in [-0.25, -0.2) is 0 Å². The standard InChI is InChI=1S/C21H27N3O/c1-4-22-12-14-23(15-13-22)21(25)11-10-19-16-17(2)24(18(19)3)20-8-6-5-7-9-20/h5-11,16H,4,12-15H2,1-3H3/b11-10+. The van der Waals surface area contributed by atoms with E-state index in [1.807, 2.05) is 29.2 Å². The molecule has 0 bridgehead atoms. The summed E-state index contributed by atoms with van der Waals surface area (Å²) in [4.78, 5) is 16.8. The van der Waals surface area contributed by atoms with Gasteiger partial charge in [0, 0.05) is 49.3 Å². The number of carbonyl (C=O) groups is 1. The Morgan fingerprint density at radius 3 is 2.40 bits per heavy atom. The van der Waals surface area contributed by atoms with Gasteiger partial charge in [0.05, 0.1) is 0 Å². The van der Waals surface area contributed by atoms with Crippen molar-refractivity contribution in [3.8, 4) is 5.69 Å². The minimum atomic E-state index is 0.111. The minimum Gasteiger partial charge on any atom is -0.337 e. The van der Waals surface area contributed by atoms with Gasteiger partial charge in [0.1, 0.15) is 0 Å². The number of hydrogen-bond acceptors (Lipinski definition) is 2. The molecule has 4 nitrogen and oxygen atoms in total. The molecule has 1 aromatic carbocycles. The number of likely N-dealkylation sites (N-methyl/N-ethyl adjacent to an activating group) is 1. The van der Waals surface area contributed by atoms with E-state index in [4.69, 9.17) is 0 Å². The van der Waals surface area contributed by atoms with Crippen LogP contribution in [0.5, 0.6) is 0 Å². The second-order valence-electron chi connectivity index (χ2n) is 6.59. The fourth-order valence-electron chi connectivity index (χ4n) is 3.48. The van der Waals surface area contributed by atoms with Crippen LogP contribution in [0.15, 0.2) is 42.5 Å². The lowest BCUT2D eigenvalue weighted by atomic mass is 10.2. The number of piperazine rings is 1. The Bertz CT molecular complexity index is 753. The molecule has 0 spiro atoms. The number of benzene rings is 1. The first-order chi connectivity index (χ1) is 12.1. The van der Waals surface area contributed by atoms with Crippen LogP contribution in [0.2, 0.25) is 0 Å². The summed E-state index contributed by atoms with van der Waals surface area (Å²) in [5, 5.41) is 0. The zero-order valence-corrected chi connectivity index (χ0v) is 15.4. The van der Waals surface area contributed by atoms with Crippen molar-refractivity contribution in [3.63, 3.8) is 0 Å². The highest BCUT2D eigenvalue weighted by Gasteiger charge is 2.18. The monoisotopic (exact) mass is 337 g/mol. The number of carbonyl (C=O) groups excluding carboxylic acids is 1. The lowest BCUT2D eigenvalue weighted by Crippen LogP contribution is -2.48.